The highest BCUT2D eigenvalue weighted by molar-refractivity contribution is 6.02. The molecule has 0 N–H and O–H groups in total. The zero-order valence-corrected chi connectivity index (χ0v) is 16.2. The van der Waals surface area contributed by atoms with E-state index in [4.69, 9.17) is 9.47 Å². The maximum atomic E-state index is 13.1. The van der Waals surface area contributed by atoms with E-state index in [1.165, 1.54) is 0 Å². The summed E-state index contributed by atoms with van der Waals surface area (Å²) in [7, 11) is 0. The predicted octanol–water partition coefficient (Wildman–Crippen LogP) is 5.09. The van der Waals surface area contributed by atoms with Gasteiger partial charge >= 0.3 is 0 Å². The molecule has 0 spiro atoms. The van der Waals surface area contributed by atoms with Crippen LogP contribution in [0.15, 0.2) is 78.9 Å². The second-order valence-corrected chi connectivity index (χ2v) is 7.00. The van der Waals surface area contributed by atoms with Crippen LogP contribution in [-0.2, 0) is 0 Å². The maximum absolute atomic E-state index is 13.1. The smallest absolute Gasteiger partial charge is 0.203 e. The fraction of sp³-hybridized carbons (Fsp3) is 0.200. The van der Waals surface area contributed by atoms with Crippen LogP contribution in [0.1, 0.15) is 45.5 Å². The highest BCUT2D eigenvalue weighted by Crippen LogP contribution is 2.41. The topological polar surface area (TPSA) is 52.6 Å². The Kier molecular flexibility index (Phi) is 5.43. The minimum absolute atomic E-state index is 0.0239. The molecule has 0 unspecified atom stereocenters. The molecule has 2 atom stereocenters. The highest BCUT2D eigenvalue weighted by atomic mass is 16.5. The van der Waals surface area contributed by atoms with Gasteiger partial charge in [0.05, 0.1) is 6.61 Å². The third kappa shape index (κ3) is 3.92. The average Bonchev–Trinajstić information content (AvgIpc) is 3.13. The summed E-state index contributed by atoms with van der Waals surface area (Å²) in [5.74, 6) is 0.954. The van der Waals surface area contributed by atoms with Crippen LogP contribution in [0, 0.1) is 0 Å². The van der Waals surface area contributed by atoms with Gasteiger partial charge in [0.2, 0.25) is 5.78 Å². The molecule has 4 rings (SSSR count). The molecule has 0 radical (unpaired) electrons. The quantitative estimate of drug-likeness (QED) is 0.531. The number of fused-ring (bicyclic) bond motifs is 1. The van der Waals surface area contributed by atoms with Gasteiger partial charge in [-0.1, -0.05) is 48.5 Å². The number of carbonyl (C=O) groups excluding carboxylic acids is 2. The minimum Gasteiger partial charge on any atom is -0.494 e. The molecule has 0 fully saturated rings. The van der Waals surface area contributed by atoms with Gasteiger partial charge in [-0.2, -0.15) is 0 Å². The summed E-state index contributed by atoms with van der Waals surface area (Å²) in [5.41, 5.74) is 2.09. The number of carbonyl (C=O) groups is 2. The van der Waals surface area contributed by atoms with E-state index in [0.717, 1.165) is 11.3 Å². The van der Waals surface area contributed by atoms with Crippen molar-refractivity contribution in [1.29, 1.82) is 0 Å². The molecule has 0 aliphatic carbocycles. The summed E-state index contributed by atoms with van der Waals surface area (Å²) in [5, 5.41) is 0. The Balaban J connectivity index is 1.59. The van der Waals surface area contributed by atoms with Crippen molar-refractivity contribution in [2.75, 3.05) is 6.61 Å². The van der Waals surface area contributed by atoms with Gasteiger partial charge in [0.25, 0.3) is 0 Å². The number of ketones is 2. The third-order valence-electron chi connectivity index (χ3n) is 5.15. The lowest BCUT2D eigenvalue weighted by atomic mass is 9.85. The number of hydrogen-bond donors (Lipinski definition) is 0. The van der Waals surface area contributed by atoms with E-state index >= 15 is 0 Å². The van der Waals surface area contributed by atoms with E-state index in [2.05, 4.69) is 0 Å². The van der Waals surface area contributed by atoms with Gasteiger partial charge in [-0.3, -0.25) is 9.59 Å². The van der Waals surface area contributed by atoms with E-state index in [1.54, 1.807) is 36.4 Å². The van der Waals surface area contributed by atoms with E-state index in [0.29, 0.717) is 23.5 Å². The van der Waals surface area contributed by atoms with Crippen LogP contribution in [0.2, 0.25) is 0 Å². The summed E-state index contributed by atoms with van der Waals surface area (Å²) in [6, 6.07) is 23.8. The van der Waals surface area contributed by atoms with E-state index in [-0.39, 0.29) is 23.9 Å². The second kappa shape index (κ2) is 8.31. The van der Waals surface area contributed by atoms with Crippen molar-refractivity contribution in [3.05, 3.63) is 95.6 Å². The summed E-state index contributed by atoms with van der Waals surface area (Å²) < 4.78 is 11.4. The van der Waals surface area contributed by atoms with Gasteiger partial charge in [0.1, 0.15) is 11.5 Å². The fourth-order valence-corrected chi connectivity index (χ4v) is 3.72. The lowest BCUT2D eigenvalue weighted by Gasteiger charge is -2.18. The third-order valence-corrected chi connectivity index (χ3v) is 5.15. The van der Waals surface area contributed by atoms with Crippen LogP contribution in [0.3, 0.4) is 0 Å². The van der Waals surface area contributed by atoms with Crippen molar-refractivity contribution in [3.8, 4) is 11.5 Å². The second-order valence-electron chi connectivity index (χ2n) is 7.00. The molecule has 29 heavy (non-hydrogen) atoms. The van der Waals surface area contributed by atoms with Crippen LogP contribution < -0.4 is 9.47 Å². The molecule has 1 aliphatic heterocycles. The molecule has 0 amide bonds. The van der Waals surface area contributed by atoms with Crippen molar-refractivity contribution in [3.63, 3.8) is 0 Å². The Morgan fingerprint density at radius 2 is 1.55 bits per heavy atom. The molecule has 4 nitrogen and oxygen atoms in total. The molecule has 4 heteroatoms. The summed E-state index contributed by atoms with van der Waals surface area (Å²) >= 11 is 0. The Hall–Kier alpha value is -3.40. The van der Waals surface area contributed by atoms with Crippen molar-refractivity contribution in [2.24, 2.45) is 0 Å². The molecule has 3 aromatic rings. The van der Waals surface area contributed by atoms with Crippen LogP contribution in [0.25, 0.3) is 0 Å². The monoisotopic (exact) mass is 386 g/mol. The highest BCUT2D eigenvalue weighted by Gasteiger charge is 2.40. The Bertz CT molecular complexity index is 1010. The number of ether oxygens (including phenoxy) is 2. The van der Waals surface area contributed by atoms with E-state index in [1.807, 2.05) is 49.4 Å². The van der Waals surface area contributed by atoms with Gasteiger partial charge < -0.3 is 9.47 Å². The van der Waals surface area contributed by atoms with E-state index in [9.17, 15) is 9.59 Å². The number of hydrogen-bond acceptors (Lipinski definition) is 4. The molecule has 0 bridgehead atoms. The number of rotatable bonds is 7. The molecule has 1 heterocycles. The van der Waals surface area contributed by atoms with Crippen molar-refractivity contribution < 1.29 is 19.1 Å². The van der Waals surface area contributed by atoms with E-state index < -0.39 is 6.10 Å². The minimum atomic E-state index is -0.707. The number of para-hydroxylation sites is 1. The van der Waals surface area contributed by atoms with Crippen LogP contribution in [0.5, 0.6) is 11.5 Å². The molecule has 146 valence electrons. The summed E-state index contributed by atoms with van der Waals surface area (Å²) in [6.07, 6.45) is -0.504. The first kappa shape index (κ1) is 18.9. The molecule has 0 aromatic heterocycles. The Morgan fingerprint density at radius 1 is 0.862 bits per heavy atom. The Morgan fingerprint density at radius 3 is 2.28 bits per heavy atom. The SMILES string of the molecule is CCOc1ccc(C(=O)C[C@@H]2c3ccccc3O[C@H]2C(=O)c2ccccc2)cc1. The Labute approximate surface area is 170 Å². The van der Waals surface area contributed by atoms with Crippen molar-refractivity contribution in [1.82, 2.24) is 0 Å². The van der Waals surface area contributed by atoms with Crippen LogP contribution in [0.4, 0.5) is 0 Å². The summed E-state index contributed by atoms with van der Waals surface area (Å²) in [6.45, 7) is 2.49. The number of benzene rings is 3. The van der Waals surface area contributed by atoms with Gasteiger partial charge in [-0.05, 0) is 37.3 Å². The maximum Gasteiger partial charge on any atom is 0.203 e. The average molecular weight is 386 g/mol. The molecule has 0 saturated carbocycles. The zero-order valence-electron chi connectivity index (χ0n) is 16.2. The zero-order chi connectivity index (χ0) is 20.2. The molecular formula is C25H22O4. The molecule has 3 aromatic carbocycles. The lowest BCUT2D eigenvalue weighted by Crippen LogP contribution is -2.30. The van der Waals surface area contributed by atoms with Gasteiger partial charge in [0, 0.05) is 29.0 Å². The van der Waals surface area contributed by atoms with Gasteiger partial charge in [-0.25, -0.2) is 0 Å². The number of Topliss-reactive ketones (excluding diaryl/α,β-unsaturated/α-hetero) is 2. The standard InChI is InChI=1S/C25H22O4/c1-2-28-19-14-12-17(13-15-19)22(26)16-21-20-10-6-7-11-23(20)29-25(21)24(27)18-8-4-3-5-9-18/h3-15,21,25H,2,16H2,1H3/t21-,25-/m1/s1. The van der Waals surface area contributed by atoms with Crippen LogP contribution >= 0.6 is 0 Å². The lowest BCUT2D eigenvalue weighted by molar-refractivity contribution is 0.0773. The van der Waals surface area contributed by atoms with Gasteiger partial charge in [0.15, 0.2) is 11.9 Å². The first-order valence-electron chi connectivity index (χ1n) is 9.78. The largest absolute Gasteiger partial charge is 0.494 e. The van der Waals surface area contributed by atoms with Crippen molar-refractivity contribution in [2.45, 2.75) is 25.4 Å². The predicted molar refractivity (Wildman–Crippen MR) is 111 cm³/mol. The molecular weight excluding hydrogens is 364 g/mol. The summed E-state index contributed by atoms with van der Waals surface area (Å²) in [4.78, 5) is 26.1. The fourth-order valence-electron chi connectivity index (χ4n) is 3.72. The van der Waals surface area contributed by atoms with Crippen LogP contribution in [-0.4, -0.2) is 24.3 Å². The first-order chi connectivity index (χ1) is 14.2. The molecule has 1 aliphatic rings. The van der Waals surface area contributed by atoms with Gasteiger partial charge in [-0.15, -0.1) is 0 Å². The normalized spacial score (nSPS) is 17.3. The van der Waals surface area contributed by atoms with Crippen molar-refractivity contribution >= 4 is 11.6 Å². The first-order valence-corrected chi connectivity index (χ1v) is 9.78. The molecule has 0 saturated heterocycles.